The van der Waals surface area contributed by atoms with E-state index in [2.05, 4.69) is 11.1 Å². The average molecular weight is 367 g/mol. The Morgan fingerprint density at radius 2 is 1.96 bits per heavy atom. The highest BCUT2D eigenvalue weighted by atomic mass is 16.5. The molecule has 2 aliphatic heterocycles. The largest absolute Gasteiger partial charge is 0.361 e. The summed E-state index contributed by atoms with van der Waals surface area (Å²) in [6.07, 6.45) is 0.746. The molecule has 2 aromatic rings. The number of hydrogen-bond acceptors (Lipinski definition) is 4. The third-order valence-corrected chi connectivity index (χ3v) is 5.67. The van der Waals surface area contributed by atoms with Crippen molar-refractivity contribution >= 4 is 22.7 Å². The van der Waals surface area contributed by atoms with Gasteiger partial charge in [-0.05, 0) is 50.5 Å². The Balaban J connectivity index is 1.67. The van der Waals surface area contributed by atoms with Gasteiger partial charge in [-0.15, -0.1) is 0 Å². The van der Waals surface area contributed by atoms with Crippen LogP contribution in [0.3, 0.4) is 0 Å². The van der Waals surface area contributed by atoms with Gasteiger partial charge in [0.15, 0.2) is 0 Å². The minimum absolute atomic E-state index is 0.00727. The number of aryl methyl sites for hydroxylation is 3. The second-order valence-corrected chi connectivity index (χ2v) is 7.99. The zero-order valence-corrected chi connectivity index (χ0v) is 16.3. The molecule has 3 heterocycles. The average Bonchev–Trinajstić information content (AvgIpc) is 3.00. The molecular weight excluding hydrogens is 342 g/mol. The summed E-state index contributed by atoms with van der Waals surface area (Å²) in [5.41, 5.74) is 4.16. The number of fused-ring (bicyclic) bond motifs is 1. The van der Waals surface area contributed by atoms with Gasteiger partial charge < -0.3 is 14.5 Å². The van der Waals surface area contributed by atoms with E-state index >= 15 is 0 Å². The molecule has 0 radical (unpaired) electrons. The number of likely N-dealkylation sites (tertiary alicyclic amines) is 1. The number of morpholine rings is 1. The van der Waals surface area contributed by atoms with Crippen molar-refractivity contribution in [1.29, 1.82) is 0 Å². The molecule has 0 aliphatic carbocycles. The van der Waals surface area contributed by atoms with Gasteiger partial charge >= 0.3 is 0 Å². The third kappa shape index (κ3) is 3.08. The molecule has 1 atom stereocenters. The van der Waals surface area contributed by atoms with Crippen molar-refractivity contribution < 1.29 is 14.3 Å². The van der Waals surface area contributed by atoms with Crippen molar-refractivity contribution in [1.82, 2.24) is 14.8 Å². The van der Waals surface area contributed by atoms with Gasteiger partial charge in [-0.1, -0.05) is 6.07 Å². The van der Waals surface area contributed by atoms with Gasteiger partial charge in [0.25, 0.3) is 5.91 Å². The Hall–Kier alpha value is -2.47. The van der Waals surface area contributed by atoms with Gasteiger partial charge in [0.1, 0.15) is 12.2 Å². The zero-order chi connectivity index (χ0) is 19.3. The van der Waals surface area contributed by atoms with Gasteiger partial charge in [-0.2, -0.15) is 0 Å². The lowest BCUT2D eigenvalue weighted by Gasteiger charge is -2.38. The molecule has 27 heavy (non-hydrogen) atoms. The predicted molar refractivity (Wildman–Crippen MR) is 103 cm³/mol. The first-order valence-electron chi connectivity index (χ1n) is 9.34. The molecule has 0 bridgehead atoms. The van der Waals surface area contributed by atoms with E-state index in [1.54, 1.807) is 11.9 Å². The van der Waals surface area contributed by atoms with E-state index in [0.717, 1.165) is 34.1 Å². The Morgan fingerprint density at radius 3 is 2.70 bits per heavy atom. The number of carbonyl (C=O) groups is 2. The summed E-state index contributed by atoms with van der Waals surface area (Å²) in [6, 6.07) is 6.00. The molecule has 2 saturated heterocycles. The molecule has 1 unspecified atom stereocenters. The Bertz CT molecular complexity index is 950. The highest BCUT2D eigenvalue weighted by Gasteiger charge is 2.45. The SMILES string of the molecule is Cc1cc(C)c2c(C(=O)N3CCC4(CN(C)C(=O)CO4)C3)cc(C)nc2c1. The van der Waals surface area contributed by atoms with Crippen LogP contribution < -0.4 is 0 Å². The molecule has 2 amide bonds. The van der Waals surface area contributed by atoms with E-state index in [0.29, 0.717) is 25.2 Å². The second-order valence-electron chi connectivity index (χ2n) is 7.99. The molecule has 2 fully saturated rings. The second kappa shape index (κ2) is 6.30. The summed E-state index contributed by atoms with van der Waals surface area (Å²) >= 11 is 0. The van der Waals surface area contributed by atoms with Crippen LogP contribution in [0.2, 0.25) is 0 Å². The van der Waals surface area contributed by atoms with Gasteiger partial charge in [0.05, 0.1) is 24.2 Å². The number of hydrogen-bond donors (Lipinski definition) is 0. The van der Waals surface area contributed by atoms with Crippen LogP contribution >= 0.6 is 0 Å². The van der Waals surface area contributed by atoms with Crippen molar-refractivity contribution in [3.8, 4) is 0 Å². The molecule has 142 valence electrons. The van der Waals surface area contributed by atoms with E-state index < -0.39 is 5.60 Å². The van der Waals surface area contributed by atoms with Gasteiger partial charge in [-0.25, -0.2) is 0 Å². The molecule has 6 heteroatoms. The van der Waals surface area contributed by atoms with E-state index in [1.165, 1.54) is 0 Å². The summed E-state index contributed by atoms with van der Waals surface area (Å²) in [5, 5.41) is 0.925. The first-order chi connectivity index (χ1) is 12.8. The van der Waals surface area contributed by atoms with Crippen LogP contribution in [0.1, 0.15) is 33.6 Å². The van der Waals surface area contributed by atoms with Crippen molar-refractivity contribution in [3.63, 3.8) is 0 Å². The monoisotopic (exact) mass is 367 g/mol. The van der Waals surface area contributed by atoms with Crippen LogP contribution in [-0.2, 0) is 9.53 Å². The number of rotatable bonds is 1. The lowest BCUT2D eigenvalue weighted by atomic mass is 9.99. The molecule has 1 spiro atoms. The Labute approximate surface area is 159 Å². The topological polar surface area (TPSA) is 62.7 Å². The number of aromatic nitrogens is 1. The fourth-order valence-corrected chi connectivity index (χ4v) is 4.38. The van der Waals surface area contributed by atoms with Crippen molar-refractivity contribution in [2.24, 2.45) is 0 Å². The first-order valence-corrected chi connectivity index (χ1v) is 9.34. The summed E-state index contributed by atoms with van der Waals surface area (Å²) in [4.78, 5) is 33.3. The normalized spacial score (nSPS) is 22.9. The minimum Gasteiger partial charge on any atom is -0.361 e. The van der Waals surface area contributed by atoms with E-state index in [9.17, 15) is 9.59 Å². The molecule has 4 rings (SSSR count). The van der Waals surface area contributed by atoms with E-state index in [4.69, 9.17) is 4.74 Å². The molecule has 0 N–H and O–H groups in total. The Morgan fingerprint density at radius 1 is 1.19 bits per heavy atom. The maximum absolute atomic E-state index is 13.4. The van der Waals surface area contributed by atoms with Crippen molar-refractivity contribution in [2.75, 3.05) is 33.3 Å². The van der Waals surface area contributed by atoms with Gasteiger partial charge in [0.2, 0.25) is 5.91 Å². The number of pyridine rings is 1. The molecule has 0 saturated carbocycles. The molecule has 2 aliphatic rings. The summed E-state index contributed by atoms with van der Waals surface area (Å²) in [6.45, 7) is 7.76. The molecular formula is C21H25N3O3. The minimum atomic E-state index is -0.443. The number of ether oxygens (including phenoxy) is 1. The van der Waals surface area contributed by atoms with Crippen LogP contribution in [0.4, 0.5) is 0 Å². The van der Waals surface area contributed by atoms with Gasteiger partial charge in [0, 0.05) is 24.7 Å². The van der Waals surface area contributed by atoms with E-state index in [1.807, 2.05) is 37.8 Å². The predicted octanol–water partition coefficient (Wildman–Crippen LogP) is 2.23. The van der Waals surface area contributed by atoms with Crippen LogP contribution in [0.25, 0.3) is 10.9 Å². The van der Waals surface area contributed by atoms with Crippen LogP contribution in [0.5, 0.6) is 0 Å². The van der Waals surface area contributed by atoms with Crippen LogP contribution in [-0.4, -0.2) is 65.5 Å². The first kappa shape index (κ1) is 17.9. The standard InChI is InChI=1S/C21H25N3O3/c1-13-7-14(2)19-16(9-15(3)22-17(19)8-13)20(26)24-6-5-21(12-24)11-23(4)18(25)10-27-21/h7-9H,5-6,10-12H2,1-4H3. The fourth-order valence-electron chi connectivity index (χ4n) is 4.38. The number of amides is 2. The molecule has 1 aromatic carbocycles. The summed E-state index contributed by atoms with van der Waals surface area (Å²) in [5.74, 6) is 0.00429. The lowest BCUT2D eigenvalue weighted by molar-refractivity contribution is -0.158. The zero-order valence-electron chi connectivity index (χ0n) is 16.3. The number of likely N-dealkylation sites (N-methyl/N-ethyl adjacent to an activating group) is 1. The summed E-state index contributed by atoms with van der Waals surface area (Å²) < 4.78 is 5.88. The van der Waals surface area contributed by atoms with Crippen molar-refractivity contribution in [2.45, 2.75) is 32.8 Å². The van der Waals surface area contributed by atoms with E-state index in [-0.39, 0.29) is 18.4 Å². The van der Waals surface area contributed by atoms with Gasteiger partial charge in [-0.3, -0.25) is 14.6 Å². The third-order valence-electron chi connectivity index (χ3n) is 5.67. The number of benzene rings is 1. The molecule has 6 nitrogen and oxygen atoms in total. The highest BCUT2D eigenvalue weighted by molar-refractivity contribution is 6.07. The smallest absolute Gasteiger partial charge is 0.254 e. The fraction of sp³-hybridized carbons (Fsp3) is 0.476. The van der Waals surface area contributed by atoms with Crippen LogP contribution in [0, 0.1) is 20.8 Å². The lowest BCUT2D eigenvalue weighted by Crippen LogP contribution is -2.54. The number of carbonyl (C=O) groups excluding carboxylic acids is 2. The van der Waals surface area contributed by atoms with Crippen LogP contribution in [0.15, 0.2) is 18.2 Å². The van der Waals surface area contributed by atoms with Crippen molar-refractivity contribution in [3.05, 3.63) is 40.6 Å². The summed E-state index contributed by atoms with van der Waals surface area (Å²) in [7, 11) is 1.79. The highest BCUT2D eigenvalue weighted by Crippen LogP contribution is 2.32. The molecule has 1 aromatic heterocycles. The maximum atomic E-state index is 13.4. The maximum Gasteiger partial charge on any atom is 0.254 e. The Kier molecular flexibility index (Phi) is 4.18. The number of nitrogens with zero attached hydrogens (tertiary/aromatic N) is 3. The quantitative estimate of drug-likeness (QED) is 0.775.